The first-order valence-electron chi connectivity index (χ1n) is 7.27. The molecule has 23 heavy (non-hydrogen) atoms. The second-order valence-electron chi connectivity index (χ2n) is 5.26. The van der Waals surface area contributed by atoms with E-state index in [-0.39, 0.29) is 18.1 Å². The van der Waals surface area contributed by atoms with Gasteiger partial charge in [0.2, 0.25) is 0 Å². The Hall–Kier alpha value is -2.63. The van der Waals surface area contributed by atoms with Gasteiger partial charge in [0.15, 0.2) is 5.78 Å². The van der Waals surface area contributed by atoms with Gasteiger partial charge in [0.05, 0.1) is 17.7 Å². The van der Waals surface area contributed by atoms with Crippen molar-refractivity contribution < 1.29 is 23.9 Å². The number of ketones is 1. The van der Waals surface area contributed by atoms with Gasteiger partial charge in [-0.1, -0.05) is 0 Å². The van der Waals surface area contributed by atoms with Crippen LogP contribution in [0.2, 0.25) is 0 Å². The van der Waals surface area contributed by atoms with Crippen LogP contribution < -0.4 is 4.74 Å². The lowest BCUT2D eigenvalue weighted by atomic mass is 10.1. The van der Waals surface area contributed by atoms with Crippen LogP contribution in [0.3, 0.4) is 0 Å². The van der Waals surface area contributed by atoms with Crippen LogP contribution in [0.4, 0.5) is 0 Å². The highest BCUT2D eigenvalue weighted by molar-refractivity contribution is 6.09. The Labute approximate surface area is 134 Å². The van der Waals surface area contributed by atoms with Crippen molar-refractivity contribution in [3.63, 3.8) is 0 Å². The third kappa shape index (κ3) is 2.97. The van der Waals surface area contributed by atoms with Gasteiger partial charge in [-0.15, -0.1) is 0 Å². The molecular weight excluding hydrogens is 298 g/mol. The molecule has 0 aliphatic heterocycles. The molecule has 0 saturated carbocycles. The highest BCUT2D eigenvalue weighted by atomic mass is 16.5. The van der Waals surface area contributed by atoms with Crippen molar-refractivity contribution >= 4 is 28.6 Å². The van der Waals surface area contributed by atoms with Gasteiger partial charge in [-0.25, -0.2) is 4.79 Å². The SMILES string of the molecule is CCOC(=O)c1c(C)n(C)c2cc(C(C)=O)c(OC(C)=O)cc12. The fourth-order valence-electron chi connectivity index (χ4n) is 2.56. The first-order valence-corrected chi connectivity index (χ1v) is 7.27. The summed E-state index contributed by atoms with van der Waals surface area (Å²) < 4.78 is 12.1. The summed E-state index contributed by atoms with van der Waals surface area (Å²) in [7, 11) is 1.80. The molecule has 0 spiro atoms. The number of hydrogen-bond acceptors (Lipinski definition) is 5. The number of benzene rings is 1. The molecule has 6 nitrogen and oxygen atoms in total. The molecule has 0 aliphatic carbocycles. The van der Waals surface area contributed by atoms with Gasteiger partial charge < -0.3 is 14.0 Å². The van der Waals surface area contributed by atoms with Gasteiger partial charge in [0.25, 0.3) is 0 Å². The van der Waals surface area contributed by atoms with Crippen LogP contribution in [0.25, 0.3) is 10.9 Å². The Balaban J connectivity index is 2.80. The minimum absolute atomic E-state index is 0.147. The maximum atomic E-state index is 12.2. The molecule has 2 aromatic rings. The zero-order valence-electron chi connectivity index (χ0n) is 13.9. The van der Waals surface area contributed by atoms with Gasteiger partial charge in [-0.2, -0.15) is 0 Å². The molecule has 1 aromatic heterocycles. The smallest absolute Gasteiger partial charge is 0.340 e. The zero-order chi connectivity index (χ0) is 17.3. The van der Waals surface area contributed by atoms with E-state index in [2.05, 4.69) is 0 Å². The molecule has 1 aromatic carbocycles. The van der Waals surface area contributed by atoms with Gasteiger partial charge >= 0.3 is 11.9 Å². The molecule has 0 fully saturated rings. The van der Waals surface area contributed by atoms with E-state index in [0.717, 1.165) is 0 Å². The van der Waals surface area contributed by atoms with E-state index in [9.17, 15) is 14.4 Å². The summed E-state index contributed by atoms with van der Waals surface area (Å²) in [4.78, 5) is 35.4. The number of aryl methyl sites for hydroxylation is 1. The fourth-order valence-corrected chi connectivity index (χ4v) is 2.56. The lowest BCUT2D eigenvalue weighted by Gasteiger charge is -2.08. The second kappa shape index (κ2) is 6.24. The number of carbonyl (C=O) groups is 3. The quantitative estimate of drug-likeness (QED) is 0.492. The van der Waals surface area contributed by atoms with Crippen molar-refractivity contribution in [1.82, 2.24) is 4.57 Å². The number of esters is 2. The van der Waals surface area contributed by atoms with Crippen LogP contribution in [0.15, 0.2) is 12.1 Å². The second-order valence-corrected chi connectivity index (χ2v) is 5.26. The Morgan fingerprint density at radius 3 is 2.35 bits per heavy atom. The minimum Gasteiger partial charge on any atom is -0.462 e. The third-order valence-electron chi connectivity index (χ3n) is 3.71. The number of nitrogens with zero attached hydrogens (tertiary/aromatic N) is 1. The number of carbonyl (C=O) groups excluding carboxylic acids is 3. The third-order valence-corrected chi connectivity index (χ3v) is 3.71. The summed E-state index contributed by atoms with van der Waals surface area (Å²) >= 11 is 0. The minimum atomic E-state index is -0.530. The van der Waals surface area contributed by atoms with Crippen LogP contribution in [0.5, 0.6) is 5.75 Å². The first-order chi connectivity index (χ1) is 10.8. The Morgan fingerprint density at radius 2 is 1.83 bits per heavy atom. The van der Waals surface area contributed by atoms with E-state index in [0.29, 0.717) is 27.7 Å². The maximum absolute atomic E-state index is 12.2. The van der Waals surface area contributed by atoms with E-state index in [1.807, 2.05) is 4.57 Å². The summed E-state index contributed by atoms with van der Waals surface area (Å²) in [5, 5.41) is 0.588. The van der Waals surface area contributed by atoms with Crippen molar-refractivity contribution in [2.45, 2.75) is 27.7 Å². The highest BCUT2D eigenvalue weighted by Crippen LogP contribution is 2.32. The number of Topliss-reactive ketones (excluding diaryl/α,β-unsaturated/α-hetero) is 1. The summed E-state index contributed by atoms with van der Waals surface area (Å²) in [6.07, 6.45) is 0. The molecule has 0 amide bonds. The van der Waals surface area contributed by atoms with Crippen LogP contribution >= 0.6 is 0 Å². The number of hydrogen-bond donors (Lipinski definition) is 0. The van der Waals surface area contributed by atoms with Crippen LogP contribution in [0.1, 0.15) is 47.2 Å². The number of aromatic nitrogens is 1. The van der Waals surface area contributed by atoms with Gasteiger partial charge in [0.1, 0.15) is 5.75 Å². The van der Waals surface area contributed by atoms with Crippen LogP contribution in [0, 0.1) is 6.92 Å². The van der Waals surface area contributed by atoms with E-state index >= 15 is 0 Å². The first kappa shape index (κ1) is 16.7. The monoisotopic (exact) mass is 317 g/mol. The lowest BCUT2D eigenvalue weighted by molar-refractivity contribution is -0.131. The van der Waals surface area contributed by atoms with E-state index < -0.39 is 11.9 Å². The molecule has 0 unspecified atom stereocenters. The summed E-state index contributed by atoms with van der Waals surface area (Å²) in [6.45, 7) is 6.45. The molecular formula is C17H19NO5. The summed E-state index contributed by atoms with van der Waals surface area (Å²) in [5.41, 5.74) is 2.12. The summed E-state index contributed by atoms with van der Waals surface area (Å²) in [5.74, 6) is -1.05. The van der Waals surface area contributed by atoms with Gasteiger partial charge in [-0.05, 0) is 32.9 Å². The lowest BCUT2D eigenvalue weighted by Crippen LogP contribution is -2.07. The predicted octanol–water partition coefficient (Wildman–Crippen LogP) is 2.79. The molecule has 6 heteroatoms. The van der Waals surface area contributed by atoms with Crippen molar-refractivity contribution in [2.24, 2.45) is 7.05 Å². The largest absolute Gasteiger partial charge is 0.462 e. The highest BCUT2D eigenvalue weighted by Gasteiger charge is 2.23. The van der Waals surface area contributed by atoms with Crippen molar-refractivity contribution in [2.75, 3.05) is 6.61 Å². The van der Waals surface area contributed by atoms with Crippen LogP contribution in [-0.4, -0.2) is 28.9 Å². The normalized spacial score (nSPS) is 10.7. The Morgan fingerprint density at radius 1 is 1.17 bits per heavy atom. The molecule has 2 rings (SSSR count). The Bertz CT molecular complexity index is 816. The van der Waals surface area contributed by atoms with Crippen molar-refractivity contribution in [3.05, 3.63) is 29.0 Å². The molecule has 0 radical (unpaired) electrons. The fraction of sp³-hybridized carbons (Fsp3) is 0.353. The Kier molecular flexibility index (Phi) is 4.54. The number of ether oxygens (including phenoxy) is 2. The standard InChI is InChI=1S/C17H19NO5/c1-6-22-17(21)16-9(2)18(5)14-7-12(10(3)19)15(8-13(14)16)23-11(4)20/h7-8H,6H2,1-5H3. The van der Waals surface area contributed by atoms with E-state index in [4.69, 9.17) is 9.47 Å². The molecule has 0 aliphatic rings. The number of fused-ring (bicyclic) bond motifs is 1. The summed E-state index contributed by atoms with van der Waals surface area (Å²) in [6, 6.07) is 3.18. The molecule has 0 saturated heterocycles. The van der Waals surface area contributed by atoms with E-state index in [1.54, 1.807) is 33.0 Å². The molecule has 0 N–H and O–H groups in total. The van der Waals surface area contributed by atoms with Crippen molar-refractivity contribution in [1.29, 1.82) is 0 Å². The van der Waals surface area contributed by atoms with Gasteiger partial charge in [0, 0.05) is 30.6 Å². The van der Waals surface area contributed by atoms with Crippen LogP contribution in [-0.2, 0) is 16.6 Å². The average molecular weight is 317 g/mol. The van der Waals surface area contributed by atoms with E-state index in [1.165, 1.54) is 13.8 Å². The maximum Gasteiger partial charge on any atom is 0.340 e. The molecule has 0 bridgehead atoms. The average Bonchev–Trinajstić information content (AvgIpc) is 2.69. The zero-order valence-corrected chi connectivity index (χ0v) is 13.9. The van der Waals surface area contributed by atoms with Crippen molar-refractivity contribution in [3.8, 4) is 5.75 Å². The predicted molar refractivity (Wildman–Crippen MR) is 84.9 cm³/mol. The topological polar surface area (TPSA) is 74.6 Å². The molecule has 122 valence electrons. The molecule has 1 heterocycles. The number of rotatable bonds is 4. The molecule has 0 atom stereocenters. The van der Waals surface area contributed by atoms with Gasteiger partial charge in [-0.3, -0.25) is 9.59 Å².